The number of hydrogen-bond acceptors (Lipinski definition) is 7. The van der Waals surface area contributed by atoms with Crippen molar-refractivity contribution in [1.29, 1.82) is 0 Å². The second kappa shape index (κ2) is 7.56. The molecule has 1 aliphatic rings. The Balaban J connectivity index is 1.81. The number of ketones is 1. The lowest BCUT2D eigenvalue weighted by Gasteiger charge is -2.17. The number of non-ortho nitro benzene ring substituents is 1. The summed E-state index contributed by atoms with van der Waals surface area (Å²) < 4.78 is 1.24. The molecule has 1 aromatic heterocycles. The van der Waals surface area contributed by atoms with Crippen LogP contribution in [0, 0.1) is 10.1 Å². The summed E-state index contributed by atoms with van der Waals surface area (Å²) in [6, 6.07) is 3.94. The van der Waals surface area contributed by atoms with Gasteiger partial charge in [-0.1, -0.05) is 11.6 Å². The number of nitrogens with zero attached hydrogens (tertiary/aromatic N) is 3. The van der Waals surface area contributed by atoms with Crippen molar-refractivity contribution in [3.05, 3.63) is 65.3 Å². The van der Waals surface area contributed by atoms with Gasteiger partial charge in [-0.25, -0.2) is 4.79 Å². The summed E-state index contributed by atoms with van der Waals surface area (Å²) in [6.45, 7) is -0.0402. The molecule has 148 valence electrons. The summed E-state index contributed by atoms with van der Waals surface area (Å²) in [5.41, 5.74) is 4.58. The van der Waals surface area contributed by atoms with Gasteiger partial charge in [-0.2, -0.15) is 0 Å². The molecule has 3 rings (SSSR count). The molecule has 0 radical (unpaired) electrons. The van der Waals surface area contributed by atoms with E-state index in [0.29, 0.717) is 10.6 Å². The number of hydrogen-bond donors (Lipinski definition) is 2. The molecule has 11 heteroatoms. The highest BCUT2D eigenvalue weighted by molar-refractivity contribution is 6.31. The Hall–Kier alpha value is -2.98. The van der Waals surface area contributed by atoms with Gasteiger partial charge >= 0.3 is 5.69 Å². The molecular weight excluding hydrogens is 390 g/mol. The second-order valence-corrected chi connectivity index (χ2v) is 7.16. The molecule has 28 heavy (non-hydrogen) atoms. The van der Waals surface area contributed by atoms with Crippen LogP contribution in [0.4, 0.5) is 11.5 Å². The normalized spacial score (nSPS) is 13.7. The Bertz CT molecular complexity index is 1070. The number of Topliss-reactive ketones (excluding diaryl/α,β-unsaturated/α-hetero) is 1. The zero-order chi connectivity index (χ0) is 20.6. The molecule has 1 aromatic carbocycles. The number of nitro benzene ring substituents is 1. The number of nitrogen functional groups attached to an aromatic ring is 1. The van der Waals surface area contributed by atoms with Crippen LogP contribution in [0.25, 0.3) is 0 Å². The fraction of sp³-hybridized carbons (Fsp3) is 0.353. The molecule has 0 spiro atoms. The molecule has 1 aliphatic carbocycles. The largest absolute Gasteiger partial charge is 0.384 e. The summed E-state index contributed by atoms with van der Waals surface area (Å²) in [5, 5.41) is 11.2. The van der Waals surface area contributed by atoms with Crippen molar-refractivity contribution in [2.24, 2.45) is 0 Å². The van der Waals surface area contributed by atoms with Crippen molar-refractivity contribution in [3.8, 4) is 0 Å². The zero-order valence-electron chi connectivity index (χ0n) is 15.0. The summed E-state index contributed by atoms with van der Waals surface area (Å²) in [4.78, 5) is 50.8. The molecule has 0 amide bonds. The number of nitro groups is 1. The number of carbonyl (C=O) groups excluding carboxylic acids is 1. The molecule has 10 nitrogen and oxygen atoms in total. The van der Waals surface area contributed by atoms with E-state index in [1.54, 1.807) is 11.9 Å². The lowest BCUT2D eigenvalue weighted by atomic mass is 10.1. The van der Waals surface area contributed by atoms with E-state index in [9.17, 15) is 24.5 Å². The highest BCUT2D eigenvalue weighted by Gasteiger charge is 2.30. The van der Waals surface area contributed by atoms with E-state index in [4.69, 9.17) is 17.3 Å². The first kappa shape index (κ1) is 19.8. The minimum Gasteiger partial charge on any atom is -0.384 e. The minimum atomic E-state index is -0.828. The van der Waals surface area contributed by atoms with Crippen molar-refractivity contribution in [1.82, 2.24) is 14.5 Å². The molecule has 3 N–H and O–H groups in total. The van der Waals surface area contributed by atoms with E-state index in [1.807, 2.05) is 0 Å². The Labute approximate surface area is 163 Å². The summed E-state index contributed by atoms with van der Waals surface area (Å²) in [6.07, 6.45) is 1.52. The standard InChI is InChI=1S/C17H18ClN5O5/c1-21(7-9-6-11(23(27)28)4-5-12(9)18)8-13(24)14-15(19)22(10-2-3-10)17(26)20-16(14)25/h4-6,10H,2-3,7-8,19H2,1H3,(H,20,25,26). The summed E-state index contributed by atoms with van der Waals surface area (Å²) in [5.74, 6) is -0.694. The first-order valence-electron chi connectivity index (χ1n) is 8.48. The molecule has 1 heterocycles. The maximum atomic E-state index is 12.7. The number of nitrogens with two attached hydrogens (primary N) is 1. The number of anilines is 1. The Kier molecular flexibility index (Phi) is 5.34. The van der Waals surface area contributed by atoms with Crippen LogP contribution < -0.4 is 17.0 Å². The van der Waals surface area contributed by atoms with E-state index < -0.39 is 22.0 Å². The van der Waals surface area contributed by atoms with E-state index in [1.165, 1.54) is 22.8 Å². The number of aromatic nitrogens is 2. The van der Waals surface area contributed by atoms with Crippen molar-refractivity contribution in [3.63, 3.8) is 0 Å². The lowest BCUT2D eigenvalue weighted by molar-refractivity contribution is -0.384. The molecule has 0 saturated heterocycles. The molecule has 0 unspecified atom stereocenters. The number of halogens is 1. The first-order chi connectivity index (χ1) is 13.2. The second-order valence-electron chi connectivity index (χ2n) is 6.75. The Morgan fingerprint density at radius 1 is 1.43 bits per heavy atom. The van der Waals surface area contributed by atoms with Gasteiger partial charge in [0.15, 0.2) is 5.78 Å². The van der Waals surface area contributed by atoms with Gasteiger partial charge in [0, 0.05) is 29.7 Å². The molecule has 0 atom stereocenters. The van der Waals surface area contributed by atoms with E-state index in [2.05, 4.69) is 4.98 Å². The van der Waals surface area contributed by atoms with Gasteiger partial charge in [-0.3, -0.25) is 34.2 Å². The summed E-state index contributed by atoms with van der Waals surface area (Å²) >= 11 is 6.08. The van der Waals surface area contributed by atoms with E-state index >= 15 is 0 Å². The van der Waals surface area contributed by atoms with Crippen molar-refractivity contribution in [2.75, 3.05) is 19.3 Å². The van der Waals surface area contributed by atoms with Crippen molar-refractivity contribution >= 4 is 28.9 Å². The van der Waals surface area contributed by atoms with Crippen LogP contribution in [0.5, 0.6) is 0 Å². The van der Waals surface area contributed by atoms with Gasteiger partial charge in [0.25, 0.3) is 11.2 Å². The molecule has 1 fully saturated rings. The topological polar surface area (TPSA) is 144 Å². The van der Waals surface area contributed by atoms with Gasteiger partial charge in [0.1, 0.15) is 11.4 Å². The van der Waals surface area contributed by atoms with Crippen LogP contribution in [0.2, 0.25) is 5.02 Å². The smallest absolute Gasteiger partial charge is 0.330 e. The third-order valence-electron chi connectivity index (χ3n) is 4.47. The van der Waals surface area contributed by atoms with Gasteiger partial charge < -0.3 is 5.73 Å². The number of nitrogens with one attached hydrogen (secondary N) is 1. The van der Waals surface area contributed by atoms with Crippen LogP contribution in [-0.2, 0) is 6.54 Å². The molecule has 1 saturated carbocycles. The van der Waals surface area contributed by atoms with Crippen molar-refractivity contribution < 1.29 is 9.72 Å². The monoisotopic (exact) mass is 407 g/mol. The zero-order valence-corrected chi connectivity index (χ0v) is 15.7. The maximum Gasteiger partial charge on any atom is 0.330 e. The quantitative estimate of drug-likeness (QED) is 0.400. The highest BCUT2D eigenvalue weighted by atomic mass is 35.5. The van der Waals surface area contributed by atoms with Gasteiger partial charge in [-0.05, 0) is 31.5 Å². The van der Waals surface area contributed by atoms with E-state index in [0.717, 1.165) is 12.8 Å². The van der Waals surface area contributed by atoms with E-state index in [-0.39, 0.29) is 36.2 Å². The number of carbonyl (C=O) groups is 1. The molecule has 0 aliphatic heterocycles. The fourth-order valence-electron chi connectivity index (χ4n) is 3.00. The predicted molar refractivity (Wildman–Crippen MR) is 103 cm³/mol. The Morgan fingerprint density at radius 3 is 2.71 bits per heavy atom. The van der Waals surface area contributed by atoms with Crippen LogP contribution in [0.1, 0.15) is 34.8 Å². The average Bonchev–Trinajstić information content (AvgIpc) is 3.40. The third-order valence-corrected chi connectivity index (χ3v) is 4.84. The molecule has 0 bridgehead atoms. The number of benzene rings is 1. The third kappa shape index (κ3) is 3.97. The SMILES string of the molecule is CN(CC(=O)c1c(N)n(C2CC2)c(=O)[nH]c1=O)Cc1cc([N+](=O)[O-])ccc1Cl. The van der Waals surface area contributed by atoms with Crippen LogP contribution in [0.15, 0.2) is 27.8 Å². The molecule has 2 aromatic rings. The number of aromatic amines is 1. The number of rotatable bonds is 7. The maximum absolute atomic E-state index is 12.7. The predicted octanol–water partition coefficient (Wildman–Crippen LogP) is 1.33. The summed E-state index contributed by atoms with van der Waals surface area (Å²) in [7, 11) is 1.61. The van der Waals surface area contributed by atoms with Gasteiger partial charge in [0.05, 0.1) is 11.5 Å². The van der Waals surface area contributed by atoms with Crippen molar-refractivity contribution in [2.45, 2.75) is 25.4 Å². The number of likely N-dealkylation sites (N-methyl/N-ethyl adjacent to an activating group) is 1. The first-order valence-corrected chi connectivity index (χ1v) is 8.85. The molecular formula is C17H18ClN5O5. The highest BCUT2D eigenvalue weighted by Crippen LogP contribution is 2.35. The average molecular weight is 408 g/mol. The van der Waals surface area contributed by atoms with Crippen LogP contribution in [-0.4, -0.2) is 38.7 Å². The number of H-pyrrole nitrogens is 1. The van der Waals surface area contributed by atoms with Crippen LogP contribution in [0.3, 0.4) is 0 Å². The van der Waals surface area contributed by atoms with Crippen LogP contribution >= 0.6 is 11.6 Å². The fourth-order valence-corrected chi connectivity index (χ4v) is 3.17. The lowest BCUT2D eigenvalue weighted by Crippen LogP contribution is -2.38. The van der Waals surface area contributed by atoms with Gasteiger partial charge in [0.2, 0.25) is 0 Å². The Morgan fingerprint density at radius 2 is 2.11 bits per heavy atom. The van der Waals surface area contributed by atoms with Gasteiger partial charge in [-0.15, -0.1) is 0 Å². The minimum absolute atomic E-state index is 0.0997.